The first-order chi connectivity index (χ1) is 8.43. The third-order valence-electron chi connectivity index (χ3n) is 2.60. The summed E-state index contributed by atoms with van der Waals surface area (Å²) in [4.78, 5) is 4.25. The second kappa shape index (κ2) is 4.25. The number of aromatic amines is 1. The molecular formula is C13H11N3O. The predicted octanol–water partition coefficient (Wildman–Crippen LogP) is 2.66. The van der Waals surface area contributed by atoms with Gasteiger partial charge in [0.15, 0.2) is 12.2 Å². The number of nitrogens with one attached hydrogen (secondary N) is 1. The molecule has 0 bridgehead atoms. The molecule has 2 aromatic heterocycles. The van der Waals surface area contributed by atoms with Crippen LogP contribution in [-0.4, -0.2) is 15.2 Å². The predicted molar refractivity (Wildman–Crippen MR) is 63.3 cm³/mol. The van der Waals surface area contributed by atoms with Crippen molar-refractivity contribution < 1.29 is 4.42 Å². The first-order valence-electron chi connectivity index (χ1n) is 5.39. The first kappa shape index (κ1) is 9.84. The molecule has 0 amide bonds. The van der Waals surface area contributed by atoms with Crippen LogP contribution in [0.2, 0.25) is 0 Å². The van der Waals surface area contributed by atoms with E-state index in [4.69, 9.17) is 4.42 Å². The molecule has 0 atom stereocenters. The maximum Gasteiger partial charge on any atom is 0.181 e. The lowest BCUT2D eigenvalue weighted by Crippen LogP contribution is -1.91. The van der Waals surface area contributed by atoms with Gasteiger partial charge in [0.2, 0.25) is 0 Å². The minimum atomic E-state index is 0.756. The maximum absolute atomic E-state index is 5.40. The van der Waals surface area contributed by atoms with Gasteiger partial charge in [-0.1, -0.05) is 30.3 Å². The summed E-state index contributed by atoms with van der Waals surface area (Å²) in [5, 5.41) is 6.80. The Morgan fingerprint density at radius 2 is 2.00 bits per heavy atom. The van der Waals surface area contributed by atoms with Crippen LogP contribution in [0, 0.1) is 0 Å². The molecule has 1 N–H and O–H groups in total. The van der Waals surface area contributed by atoms with Crippen molar-refractivity contribution in [2.75, 3.05) is 0 Å². The Hall–Kier alpha value is -2.36. The van der Waals surface area contributed by atoms with Crippen molar-refractivity contribution in [3.05, 3.63) is 60.2 Å². The Morgan fingerprint density at radius 1 is 1.12 bits per heavy atom. The lowest BCUT2D eigenvalue weighted by atomic mass is 10.1. The van der Waals surface area contributed by atoms with Crippen LogP contribution in [0.4, 0.5) is 0 Å². The Kier molecular flexibility index (Phi) is 2.46. The highest BCUT2D eigenvalue weighted by molar-refractivity contribution is 5.54. The summed E-state index contributed by atoms with van der Waals surface area (Å²) in [6.45, 7) is 0. The minimum Gasteiger partial charge on any atom is -0.442 e. The van der Waals surface area contributed by atoms with Crippen molar-refractivity contribution in [2.45, 2.75) is 6.42 Å². The Balaban J connectivity index is 1.92. The smallest absolute Gasteiger partial charge is 0.181 e. The van der Waals surface area contributed by atoms with Crippen LogP contribution in [-0.2, 0) is 6.42 Å². The van der Waals surface area contributed by atoms with Gasteiger partial charge >= 0.3 is 0 Å². The van der Waals surface area contributed by atoms with E-state index in [1.165, 1.54) is 12.0 Å². The lowest BCUT2D eigenvalue weighted by Gasteiger charge is -1.99. The summed E-state index contributed by atoms with van der Waals surface area (Å²) in [5.41, 5.74) is 2.98. The van der Waals surface area contributed by atoms with Crippen LogP contribution in [0.25, 0.3) is 11.5 Å². The van der Waals surface area contributed by atoms with Crippen molar-refractivity contribution in [2.24, 2.45) is 0 Å². The van der Waals surface area contributed by atoms with Gasteiger partial charge in [-0.2, -0.15) is 5.10 Å². The van der Waals surface area contributed by atoms with Gasteiger partial charge in [-0.15, -0.1) is 0 Å². The van der Waals surface area contributed by atoms with Crippen LogP contribution >= 0.6 is 0 Å². The Labute approximate surface area is 98.3 Å². The molecule has 0 aliphatic heterocycles. The monoisotopic (exact) mass is 225 g/mol. The molecule has 17 heavy (non-hydrogen) atoms. The van der Waals surface area contributed by atoms with E-state index in [-0.39, 0.29) is 0 Å². The highest BCUT2D eigenvalue weighted by Crippen LogP contribution is 2.22. The summed E-state index contributed by atoms with van der Waals surface area (Å²) in [7, 11) is 0. The van der Waals surface area contributed by atoms with Crippen LogP contribution in [0.15, 0.2) is 53.4 Å². The number of benzene rings is 1. The highest BCUT2D eigenvalue weighted by Gasteiger charge is 2.11. The molecule has 4 nitrogen and oxygen atoms in total. The molecule has 0 fully saturated rings. The highest BCUT2D eigenvalue weighted by atomic mass is 16.3. The molecule has 0 aliphatic carbocycles. The molecule has 0 unspecified atom stereocenters. The van der Waals surface area contributed by atoms with Crippen LogP contribution in [0.1, 0.15) is 11.3 Å². The van der Waals surface area contributed by atoms with Crippen LogP contribution in [0.3, 0.4) is 0 Å². The Morgan fingerprint density at radius 3 is 2.76 bits per heavy atom. The Bertz CT molecular complexity index is 584. The normalized spacial score (nSPS) is 10.6. The van der Waals surface area contributed by atoms with E-state index in [0.717, 1.165) is 23.6 Å². The van der Waals surface area contributed by atoms with Crippen molar-refractivity contribution in [3.63, 3.8) is 0 Å². The van der Waals surface area contributed by atoms with Crippen molar-refractivity contribution in [3.8, 4) is 11.5 Å². The number of rotatable bonds is 3. The van der Waals surface area contributed by atoms with Gasteiger partial charge in [-0.25, -0.2) is 4.98 Å². The number of aromatic nitrogens is 3. The summed E-state index contributed by atoms with van der Waals surface area (Å²) in [6, 6.07) is 12.1. The molecule has 3 aromatic rings. The van der Waals surface area contributed by atoms with E-state index in [1.54, 1.807) is 6.20 Å². The van der Waals surface area contributed by atoms with Crippen molar-refractivity contribution in [1.82, 2.24) is 15.2 Å². The maximum atomic E-state index is 5.40. The average Bonchev–Trinajstić information content (AvgIpc) is 3.00. The number of hydrogen-bond donors (Lipinski definition) is 1. The molecule has 0 saturated carbocycles. The van der Waals surface area contributed by atoms with E-state index in [1.807, 2.05) is 24.3 Å². The van der Waals surface area contributed by atoms with Gasteiger partial charge in [0, 0.05) is 12.6 Å². The molecule has 4 heteroatoms. The second-order valence-corrected chi connectivity index (χ2v) is 3.76. The zero-order chi connectivity index (χ0) is 11.5. The zero-order valence-corrected chi connectivity index (χ0v) is 9.13. The van der Waals surface area contributed by atoms with E-state index in [2.05, 4.69) is 27.3 Å². The number of nitrogens with zero attached hydrogens (tertiary/aromatic N) is 2. The van der Waals surface area contributed by atoms with E-state index >= 15 is 0 Å². The molecule has 0 spiro atoms. The van der Waals surface area contributed by atoms with Gasteiger partial charge in [0.25, 0.3) is 0 Å². The van der Waals surface area contributed by atoms with Gasteiger partial charge in [-0.05, 0) is 11.6 Å². The average molecular weight is 225 g/mol. The van der Waals surface area contributed by atoms with Gasteiger partial charge < -0.3 is 4.42 Å². The first-order valence-corrected chi connectivity index (χ1v) is 5.39. The topological polar surface area (TPSA) is 54.7 Å². The van der Waals surface area contributed by atoms with Crippen LogP contribution in [0.5, 0.6) is 0 Å². The fourth-order valence-electron chi connectivity index (χ4n) is 1.79. The van der Waals surface area contributed by atoms with Gasteiger partial charge in [0.05, 0.1) is 5.69 Å². The SMILES string of the molecule is c1ccc(Cc2ncoc2-c2ccn[nH]2)cc1. The standard InChI is InChI=1S/C13H11N3O/c1-2-4-10(5-3-1)8-12-13(17-9-14-12)11-6-7-15-16-11/h1-7,9H,8H2,(H,15,16). The summed E-state index contributed by atoms with van der Waals surface area (Å²) in [5.74, 6) is 0.756. The molecule has 1 aromatic carbocycles. The summed E-state index contributed by atoms with van der Waals surface area (Å²) >= 11 is 0. The summed E-state index contributed by atoms with van der Waals surface area (Å²) < 4.78 is 5.40. The molecule has 0 radical (unpaired) electrons. The molecule has 2 heterocycles. The molecular weight excluding hydrogens is 214 g/mol. The summed E-state index contributed by atoms with van der Waals surface area (Å²) in [6.07, 6.45) is 3.92. The zero-order valence-electron chi connectivity index (χ0n) is 9.13. The molecule has 0 saturated heterocycles. The van der Waals surface area contributed by atoms with E-state index < -0.39 is 0 Å². The lowest BCUT2D eigenvalue weighted by molar-refractivity contribution is 0.568. The molecule has 0 aliphatic rings. The van der Waals surface area contributed by atoms with Gasteiger partial charge in [-0.3, -0.25) is 5.10 Å². The third kappa shape index (κ3) is 1.97. The third-order valence-corrected chi connectivity index (χ3v) is 2.60. The number of oxazole rings is 1. The van der Waals surface area contributed by atoms with Crippen molar-refractivity contribution >= 4 is 0 Å². The van der Waals surface area contributed by atoms with E-state index in [9.17, 15) is 0 Å². The van der Waals surface area contributed by atoms with E-state index in [0.29, 0.717) is 0 Å². The van der Waals surface area contributed by atoms with Gasteiger partial charge in [0.1, 0.15) is 5.69 Å². The molecule has 3 rings (SSSR count). The second-order valence-electron chi connectivity index (χ2n) is 3.76. The minimum absolute atomic E-state index is 0.756. The molecule has 84 valence electrons. The fraction of sp³-hybridized carbons (Fsp3) is 0.0769. The number of H-pyrrole nitrogens is 1. The number of hydrogen-bond acceptors (Lipinski definition) is 3. The quantitative estimate of drug-likeness (QED) is 0.745. The fourth-order valence-corrected chi connectivity index (χ4v) is 1.79. The largest absolute Gasteiger partial charge is 0.442 e. The van der Waals surface area contributed by atoms with Crippen LogP contribution < -0.4 is 0 Å². The van der Waals surface area contributed by atoms with Crippen molar-refractivity contribution in [1.29, 1.82) is 0 Å².